The summed E-state index contributed by atoms with van der Waals surface area (Å²) in [4.78, 5) is 29.9. The maximum Gasteiger partial charge on any atom is 0.337 e. The average Bonchev–Trinajstić information content (AvgIpc) is 2.52. The van der Waals surface area contributed by atoms with E-state index in [0.29, 0.717) is 30.9 Å². The fraction of sp³-hybridized carbons (Fsp3) is 0.500. The number of hydrogen-bond donors (Lipinski definition) is 0. The van der Waals surface area contributed by atoms with E-state index < -0.39 is 11.9 Å². The van der Waals surface area contributed by atoms with Crippen LogP contribution in [0.3, 0.4) is 0 Å². The van der Waals surface area contributed by atoms with Gasteiger partial charge < -0.3 is 9.47 Å². The fourth-order valence-corrected chi connectivity index (χ4v) is 2.62. The molecule has 0 bridgehead atoms. The molecule has 7 heteroatoms. The van der Waals surface area contributed by atoms with Crippen LogP contribution in [0.1, 0.15) is 20.3 Å². The predicted molar refractivity (Wildman–Crippen MR) is 90.2 cm³/mol. The topological polar surface area (TPSA) is 68.2 Å². The predicted octanol–water partition coefficient (Wildman–Crippen LogP) is 1.65. The molecule has 1 aliphatic heterocycles. The van der Waals surface area contributed by atoms with Gasteiger partial charge in [-0.25, -0.2) is 9.79 Å². The Morgan fingerprint density at radius 3 is 2.87 bits per heavy atom. The van der Waals surface area contributed by atoms with Crippen molar-refractivity contribution in [2.45, 2.75) is 26.4 Å². The lowest BCUT2D eigenvalue weighted by Gasteiger charge is -2.30. The molecule has 23 heavy (non-hydrogen) atoms. The van der Waals surface area contributed by atoms with Crippen LogP contribution in [0, 0.1) is 5.92 Å². The van der Waals surface area contributed by atoms with Gasteiger partial charge in [0, 0.05) is 13.2 Å². The lowest BCUT2D eigenvalue weighted by molar-refractivity contribution is -0.135. The zero-order valence-corrected chi connectivity index (χ0v) is 14.3. The smallest absolute Gasteiger partial charge is 0.337 e. The second kappa shape index (κ2) is 7.61. The third kappa shape index (κ3) is 4.11. The number of amides is 1. The molecule has 1 unspecified atom stereocenters. The first-order valence-electron chi connectivity index (χ1n) is 7.47. The van der Waals surface area contributed by atoms with Crippen molar-refractivity contribution in [3.8, 4) is 0 Å². The molecule has 6 nitrogen and oxygen atoms in total. The van der Waals surface area contributed by atoms with Crippen molar-refractivity contribution >= 4 is 34.9 Å². The second-order valence-electron chi connectivity index (χ2n) is 5.51. The maximum atomic E-state index is 12.6. The van der Waals surface area contributed by atoms with Crippen LogP contribution in [-0.2, 0) is 19.1 Å². The third-order valence-corrected chi connectivity index (χ3v) is 3.79. The number of aliphatic imine (C=N–C) groups is 1. The lowest BCUT2D eigenvalue weighted by atomic mass is 9.92. The summed E-state index contributed by atoms with van der Waals surface area (Å²) in [5, 5.41) is 0.224. The van der Waals surface area contributed by atoms with Gasteiger partial charge in [-0.1, -0.05) is 12.2 Å². The Kier molecular flexibility index (Phi) is 5.79. The number of ether oxygens (including phenoxy) is 2. The van der Waals surface area contributed by atoms with Gasteiger partial charge in [-0.3, -0.25) is 9.69 Å². The van der Waals surface area contributed by atoms with Crippen molar-refractivity contribution in [2.24, 2.45) is 10.9 Å². The largest absolute Gasteiger partial charge is 0.465 e. The molecular formula is C16H20N2O4S. The molecule has 1 atom stereocenters. The zero-order valence-electron chi connectivity index (χ0n) is 13.4. The molecule has 2 aliphatic rings. The van der Waals surface area contributed by atoms with Crippen LogP contribution < -0.4 is 0 Å². The molecular weight excluding hydrogens is 316 g/mol. The summed E-state index contributed by atoms with van der Waals surface area (Å²) in [7, 11) is 1.31. The molecule has 1 aliphatic carbocycles. The van der Waals surface area contributed by atoms with Crippen LogP contribution in [0.2, 0.25) is 0 Å². The standard InChI is InChI=1S/C16H20N2O4S/c1-10(2)22-8-4-7-18-14(19)12-6-5-11(15(20)21-3)9-13(12)17-16(18)23/h5-6,9-10,12H,4,7-8H2,1-3H3. The molecule has 1 heterocycles. The molecule has 0 radical (unpaired) electrons. The van der Waals surface area contributed by atoms with Gasteiger partial charge >= 0.3 is 5.97 Å². The molecule has 2 rings (SSSR count). The first kappa shape index (κ1) is 17.5. The summed E-state index contributed by atoms with van der Waals surface area (Å²) in [5.74, 6) is -1.09. The van der Waals surface area contributed by atoms with Gasteiger partial charge in [0.2, 0.25) is 11.0 Å². The minimum Gasteiger partial charge on any atom is -0.465 e. The quantitative estimate of drug-likeness (QED) is 0.419. The van der Waals surface area contributed by atoms with Gasteiger partial charge in [-0.15, -0.1) is 0 Å². The number of allylic oxidation sites excluding steroid dienone is 1. The van der Waals surface area contributed by atoms with E-state index >= 15 is 0 Å². The SMILES string of the molecule is COC(=O)C1=CC2=NC(=S)N(CCCOC(C)C)C(=O)C2C=C1. The van der Waals surface area contributed by atoms with Gasteiger partial charge in [-0.2, -0.15) is 0 Å². The summed E-state index contributed by atoms with van der Waals surface area (Å²) in [6.45, 7) is 4.96. The van der Waals surface area contributed by atoms with Crippen molar-refractivity contribution in [3.05, 3.63) is 23.8 Å². The summed E-state index contributed by atoms with van der Waals surface area (Å²) in [6.07, 6.45) is 5.65. The molecule has 0 saturated carbocycles. The number of nitrogens with zero attached hydrogens (tertiary/aromatic N) is 2. The Balaban J connectivity index is 2.07. The van der Waals surface area contributed by atoms with E-state index in [1.54, 1.807) is 18.2 Å². The van der Waals surface area contributed by atoms with Gasteiger partial charge in [0.05, 0.1) is 30.4 Å². The van der Waals surface area contributed by atoms with E-state index in [1.165, 1.54) is 12.0 Å². The molecule has 0 fully saturated rings. The number of thiocarbonyl (C=S) groups is 1. The van der Waals surface area contributed by atoms with E-state index in [-0.39, 0.29) is 17.1 Å². The lowest BCUT2D eigenvalue weighted by Crippen LogP contribution is -2.46. The maximum absolute atomic E-state index is 12.6. The minimum atomic E-state index is -0.499. The van der Waals surface area contributed by atoms with Gasteiger partial charge in [-0.05, 0) is 38.6 Å². The molecule has 1 amide bonds. The van der Waals surface area contributed by atoms with Gasteiger partial charge in [0.15, 0.2) is 0 Å². The fourth-order valence-electron chi connectivity index (χ4n) is 2.33. The van der Waals surface area contributed by atoms with Crippen LogP contribution >= 0.6 is 12.2 Å². The van der Waals surface area contributed by atoms with Crippen LogP contribution in [0.15, 0.2) is 28.8 Å². The number of hydrogen-bond acceptors (Lipinski definition) is 5. The van der Waals surface area contributed by atoms with Crippen molar-refractivity contribution in [1.29, 1.82) is 0 Å². The van der Waals surface area contributed by atoms with Crippen LogP contribution in [-0.4, -0.2) is 54.0 Å². The number of methoxy groups -OCH3 is 1. The molecule has 0 saturated heterocycles. The Bertz CT molecular complexity index is 607. The van der Waals surface area contributed by atoms with Crippen molar-refractivity contribution in [2.75, 3.05) is 20.3 Å². The third-order valence-electron chi connectivity index (χ3n) is 3.48. The monoisotopic (exact) mass is 336 g/mol. The van der Waals surface area contributed by atoms with E-state index in [4.69, 9.17) is 17.0 Å². The minimum absolute atomic E-state index is 0.124. The number of carbonyl (C=O) groups is 2. The second-order valence-corrected chi connectivity index (χ2v) is 5.88. The summed E-state index contributed by atoms with van der Waals surface area (Å²) < 4.78 is 10.1. The highest BCUT2D eigenvalue weighted by atomic mass is 32.1. The first-order chi connectivity index (χ1) is 10.9. The van der Waals surface area contributed by atoms with Crippen LogP contribution in [0.25, 0.3) is 0 Å². The average molecular weight is 336 g/mol. The molecule has 124 valence electrons. The van der Waals surface area contributed by atoms with Crippen LogP contribution in [0.5, 0.6) is 0 Å². The highest BCUT2D eigenvalue weighted by molar-refractivity contribution is 7.80. The molecule has 0 spiro atoms. The van der Waals surface area contributed by atoms with E-state index in [2.05, 4.69) is 9.73 Å². The Hall–Kier alpha value is -1.86. The number of carbonyl (C=O) groups excluding carboxylic acids is 2. The normalized spacial score (nSPS) is 20.3. The Morgan fingerprint density at radius 1 is 1.48 bits per heavy atom. The number of rotatable bonds is 6. The van der Waals surface area contributed by atoms with Crippen molar-refractivity contribution < 1.29 is 19.1 Å². The van der Waals surface area contributed by atoms with Crippen molar-refractivity contribution in [3.63, 3.8) is 0 Å². The zero-order chi connectivity index (χ0) is 17.0. The highest BCUT2D eigenvalue weighted by Crippen LogP contribution is 2.23. The Morgan fingerprint density at radius 2 is 2.22 bits per heavy atom. The highest BCUT2D eigenvalue weighted by Gasteiger charge is 2.34. The Labute approximate surface area is 140 Å². The van der Waals surface area contributed by atoms with E-state index in [9.17, 15) is 9.59 Å². The number of esters is 1. The van der Waals surface area contributed by atoms with Gasteiger partial charge in [0.25, 0.3) is 0 Å². The molecule has 0 aromatic rings. The van der Waals surface area contributed by atoms with Gasteiger partial charge in [0.1, 0.15) is 0 Å². The van der Waals surface area contributed by atoms with Crippen molar-refractivity contribution in [1.82, 2.24) is 4.90 Å². The van der Waals surface area contributed by atoms with Crippen LogP contribution in [0.4, 0.5) is 0 Å². The summed E-state index contributed by atoms with van der Waals surface area (Å²) in [5.41, 5.74) is 0.842. The van der Waals surface area contributed by atoms with E-state index in [1.807, 2.05) is 13.8 Å². The molecule has 0 N–H and O–H groups in total. The summed E-state index contributed by atoms with van der Waals surface area (Å²) >= 11 is 5.21. The van der Waals surface area contributed by atoms with E-state index in [0.717, 1.165) is 0 Å². The summed E-state index contributed by atoms with van der Waals surface area (Å²) in [6, 6.07) is 0. The molecule has 0 aromatic carbocycles. The number of fused-ring (bicyclic) bond motifs is 1. The molecule has 0 aromatic heterocycles. The first-order valence-corrected chi connectivity index (χ1v) is 7.88.